The van der Waals surface area contributed by atoms with Crippen LogP contribution in [0.3, 0.4) is 0 Å². The highest BCUT2D eigenvalue weighted by Gasteiger charge is 2.10. The SMILES string of the molecule is O=C(CSc1ccccc1Br)c1ccc([N+](=O)[O-])cc1. The van der Waals surface area contributed by atoms with Gasteiger partial charge in [-0.05, 0) is 40.2 Å². The molecule has 0 N–H and O–H groups in total. The predicted octanol–water partition coefficient (Wildman–Crippen LogP) is 4.33. The van der Waals surface area contributed by atoms with Gasteiger partial charge in [-0.3, -0.25) is 14.9 Å². The molecule has 6 heteroatoms. The highest BCUT2D eigenvalue weighted by atomic mass is 79.9. The molecule has 0 spiro atoms. The highest BCUT2D eigenvalue weighted by Crippen LogP contribution is 2.27. The van der Waals surface area contributed by atoms with Crippen molar-refractivity contribution >= 4 is 39.2 Å². The Morgan fingerprint density at radius 1 is 1.15 bits per heavy atom. The second-order valence-electron chi connectivity index (χ2n) is 3.95. The van der Waals surface area contributed by atoms with Crippen LogP contribution in [0.2, 0.25) is 0 Å². The van der Waals surface area contributed by atoms with E-state index in [-0.39, 0.29) is 11.5 Å². The molecule has 0 atom stereocenters. The first-order chi connectivity index (χ1) is 9.58. The van der Waals surface area contributed by atoms with Crippen molar-refractivity contribution in [2.75, 3.05) is 5.75 Å². The molecule has 0 amide bonds. The van der Waals surface area contributed by atoms with E-state index < -0.39 is 4.92 Å². The molecule has 0 aliphatic rings. The van der Waals surface area contributed by atoms with Gasteiger partial charge in [0.1, 0.15) is 0 Å². The van der Waals surface area contributed by atoms with E-state index in [1.54, 1.807) is 0 Å². The second-order valence-corrected chi connectivity index (χ2v) is 5.82. The lowest BCUT2D eigenvalue weighted by Gasteiger charge is -2.03. The minimum absolute atomic E-state index is 0.0139. The Balaban J connectivity index is 2.02. The van der Waals surface area contributed by atoms with E-state index in [2.05, 4.69) is 15.9 Å². The van der Waals surface area contributed by atoms with E-state index in [1.807, 2.05) is 24.3 Å². The largest absolute Gasteiger partial charge is 0.293 e. The van der Waals surface area contributed by atoms with Gasteiger partial charge >= 0.3 is 0 Å². The van der Waals surface area contributed by atoms with Crippen molar-refractivity contribution in [1.29, 1.82) is 0 Å². The van der Waals surface area contributed by atoms with Gasteiger partial charge in [0, 0.05) is 27.1 Å². The average Bonchev–Trinajstić information content (AvgIpc) is 2.46. The molecule has 102 valence electrons. The minimum Gasteiger partial charge on any atom is -0.293 e. The van der Waals surface area contributed by atoms with Crippen LogP contribution in [0.5, 0.6) is 0 Å². The molecule has 0 radical (unpaired) electrons. The zero-order valence-electron chi connectivity index (χ0n) is 10.3. The molecule has 0 saturated heterocycles. The number of carbonyl (C=O) groups excluding carboxylic acids is 1. The maximum atomic E-state index is 12.0. The first-order valence-corrected chi connectivity index (χ1v) is 7.51. The molecule has 0 bridgehead atoms. The summed E-state index contributed by atoms with van der Waals surface area (Å²) in [6, 6.07) is 13.3. The van der Waals surface area contributed by atoms with Gasteiger partial charge in [-0.1, -0.05) is 12.1 Å². The van der Waals surface area contributed by atoms with E-state index in [9.17, 15) is 14.9 Å². The number of hydrogen-bond acceptors (Lipinski definition) is 4. The quantitative estimate of drug-likeness (QED) is 0.348. The Bertz CT molecular complexity index is 643. The van der Waals surface area contributed by atoms with Gasteiger partial charge in [0.25, 0.3) is 5.69 Å². The third-order valence-electron chi connectivity index (χ3n) is 2.60. The molecule has 0 aliphatic carbocycles. The number of nitro benzene ring substituents is 1. The van der Waals surface area contributed by atoms with Crippen LogP contribution in [-0.2, 0) is 0 Å². The number of carbonyl (C=O) groups is 1. The average molecular weight is 352 g/mol. The smallest absolute Gasteiger partial charge is 0.269 e. The van der Waals surface area contributed by atoms with Crippen LogP contribution in [0, 0.1) is 10.1 Å². The van der Waals surface area contributed by atoms with E-state index in [4.69, 9.17) is 0 Å². The van der Waals surface area contributed by atoms with Gasteiger partial charge in [0.2, 0.25) is 0 Å². The Morgan fingerprint density at radius 3 is 2.40 bits per heavy atom. The number of Topliss-reactive ketones (excluding diaryl/α,β-unsaturated/α-hetero) is 1. The van der Waals surface area contributed by atoms with Crippen LogP contribution >= 0.6 is 27.7 Å². The zero-order valence-corrected chi connectivity index (χ0v) is 12.7. The molecule has 0 aliphatic heterocycles. The molecule has 0 aromatic heterocycles. The fourth-order valence-corrected chi connectivity index (χ4v) is 3.02. The summed E-state index contributed by atoms with van der Waals surface area (Å²) in [5.41, 5.74) is 0.468. The summed E-state index contributed by atoms with van der Waals surface area (Å²) in [5.74, 6) is 0.237. The lowest BCUT2D eigenvalue weighted by atomic mass is 10.1. The van der Waals surface area contributed by atoms with Crippen molar-refractivity contribution in [2.45, 2.75) is 4.90 Å². The number of rotatable bonds is 5. The Morgan fingerprint density at radius 2 is 1.80 bits per heavy atom. The zero-order chi connectivity index (χ0) is 14.5. The molecule has 2 aromatic rings. The Kier molecular flexibility index (Phi) is 4.92. The minimum atomic E-state index is -0.482. The molecule has 20 heavy (non-hydrogen) atoms. The number of thioether (sulfide) groups is 1. The summed E-state index contributed by atoms with van der Waals surface area (Å²) in [6.45, 7) is 0. The first kappa shape index (κ1) is 14.7. The molecule has 0 saturated carbocycles. The van der Waals surface area contributed by atoms with Crippen LogP contribution < -0.4 is 0 Å². The number of halogens is 1. The summed E-state index contributed by atoms with van der Waals surface area (Å²) in [4.78, 5) is 23.1. The number of non-ortho nitro benzene ring substituents is 1. The number of hydrogen-bond donors (Lipinski definition) is 0. The van der Waals surface area contributed by atoms with Crippen molar-refractivity contribution in [3.05, 3.63) is 68.7 Å². The normalized spacial score (nSPS) is 10.2. The Hall–Kier alpha value is -1.66. The van der Waals surface area contributed by atoms with Gasteiger partial charge in [-0.15, -0.1) is 11.8 Å². The summed E-state index contributed by atoms with van der Waals surface area (Å²) in [6.07, 6.45) is 0. The standard InChI is InChI=1S/C14H10BrNO3S/c15-12-3-1-2-4-14(12)20-9-13(17)10-5-7-11(8-6-10)16(18)19/h1-8H,9H2. The van der Waals surface area contributed by atoms with Gasteiger partial charge in [0.05, 0.1) is 10.7 Å². The van der Waals surface area contributed by atoms with E-state index >= 15 is 0 Å². The van der Waals surface area contributed by atoms with Crippen molar-refractivity contribution in [1.82, 2.24) is 0 Å². The fourth-order valence-electron chi connectivity index (χ4n) is 1.56. The predicted molar refractivity (Wildman–Crippen MR) is 82.3 cm³/mol. The number of nitrogens with zero attached hydrogens (tertiary/aromatic N) is 1. The maximum Gasteiger partial charge on any atom is 0.269 e. The molecule has 4 nitrogen and oxygen atoms in total. The van der Waals surface area contributed by atoms with Crippen LogP contribution in [-0.4, -0.2) is 16.5 Å². The lowest BCUT2D eigenvalue weighted by molar-refractivity contribution is -0.384. The van der Waals surface area contributed by atoms with Crippen LogP contribution in [0.4, 0.5) is 5.69 Å². The van der Waals surface area contributed by atoms with Crippen molar-refractivity contribution in [3.8, 4) is 0 Å². The molecule has 0 fully saturated rings. The summed E-state index contributed by atoms with van der Waals surface area (Å²) in [7, 11) is 0. The molecular formula is C14H10BrNO3S. The maximum absolute atomic E-state index is 12.0. The molecule has 2 rings (SSSR count). The van der Waals surface area contributed by atoms with Gasteiger partial charge in [-0.2, -0.15) is 0 Å². The fraction of sp³-hybridized carbons (Fsp3) is 0.0714. The Labute approximate surface area is 128 Å². The topological polar surface area (TPSA) is 60.2 Å². The van der Waals surface area contributed by atoms with Crippen LogP contribution in [0.25, 0.3) is 0 Å². The first-order valence-electron chi connectivity index (χ1n) is 5.73. The molecular weight excluding hydrogens is 342 g/mol. The summed E-state index contributed by atoms with van der Waals surface area (Å²) in [5, 5.41) is 10.5. The van der Waals surface area contributed by atoms with E-state index in [1.165, 1.54) is 36.0 Å². The molecule has 0 unspecified atom stereocenters. The molecule has 0 heterocycles. The number of ketones is 1. The summed E-state index contributed by atoms with van der Waals surface area (Å²) >= 11 is 4.85. The van der Waals surface area contributed by atoms with Crippen LogP contribution in [0.15, 0.2) is 57.9 Å². The monoisotopic (exact) mass is 351 g/mol. The molecule has 2 aromatic carbocycles. The number of nitro groups is 1. The number of benzene rings is 2. The van der Waals surface area contributed by atoms with Gasteiger partial charge in [-0.25, -0.2) is 0 Å². The third-order valence-corrected chi connectivity index (χ3v) is 4.62. The van der Waals surface area contributed by atoms with Gasteiger partial charge < -0.3 is 0 Å². The third kappa shape index (κ3) is 3.68. The highest BCUT2D eigenvalue weighted by molar-refractivity contribution is 9.10. The van der Waals surface area contributed by atoms with E-state index in [0.717, 1.165) is 9.37 Å². The van der Waals surface area contributed by atoms with Gasteiger partial charge in [0.15, 0.2) is 5.78 Å². The lowest BCUT2D eigenvalue weighted by Crippen LogP contribution is -2.02. The second kappa shape index (κ2) is 6.67. The van der Waals surface area contributed by atoms with Crippen molar-refractivity contribution in [3.63, 3.8) is 0 Å². The van der Waals surface area contributed by atoms with Crippen molar-refractivity contribution in [2.24, 2.45) is 0 Å². The summed E-state index contributed by atoms with van der Waals surface area (Å²) < 4.78 is 0.946. The van der Waals surface area contributed by atoms with E-state index in [0.29, 0.717) is 11.3 Å². The van der Waals surface area contributed by atoms with Crippen LogP contribution in [0.1, 0.15) is 10.4 Å². The van der Waals surface area contributed by atoms with Crippen molar-refractivity contribution < 1.29 is 9.72 Å².